The van der Waals surface area contributed by atoms with Crippen LogP contribution in [0.1, 0.15) is 5.56 Å². The fourth-order valence-corrected chi connectivity index (χ4v) is 0.886. The number of hydrogen-bond donors (Lipinski definition) is 2. The minimum atomic E-state index is -2.43. The monoisotopic (exact) mass is 216 g/mol. The van der Waals surface area contributed by atoms with Crippen LogP contribution in [-0.2, 0) is 11.3 Å². The Labute approximate surface area is 82.7 Å². The highest BCUT2D eigenvalue weighted by Gasteiger charge is 2.06. The zero-order chi connectivity index (χ0) is 10.6. The highest BCUT2D eigenvalue weighted by Crippen LogP contribution is 2.06. The second kappa shape index (κ2) is 4.68. The van der Waals surface area contributed by atoms with E-state index in [0.29, 0.717) is 0 Å². The van der Waals surface area contributed by atoms with E-state index in [0.717, 1.165) is 5.56 Å². The molecular formula is C7H8N2O4S. The van der Waals surface area contributed by atoms with Crippen LogP contribution in [0.15, 0.2) is 18.3 Å². The van der Waals surface area contributed by atoms with Crippen LogP contribution in [0.4, 0.5) is 4.79 Å². The van der Waals surface area contributed by atoms with Gasteiger partial charge in [-0.05, 0) is 12.5 Å². The number of pyridine rings is 1. The van der Waals surface area contributed by atoms with Gasteiger partial charge < -0.3 is 4.74 Å². The molecule has 1 amide bonds. The summed E-state index contributed by atoms with van der Waals surface area (Å²) in [4.78, 5) is 14.5. The Morgan fingerprint density at radius 3 is 2.86 bits per heavy atom. The number of carbonyl (C=O) groups excluding carboxylic acids is 1. The second-order valence-corrected chi connectivity index (χ2v) is 3.12. The van der Waals surface area contributed by atoms with Gasteiger partial charge in [-0.3, -0.25) is 4.55 Å². The largest absolute Gasteiger partial charge is 0.427 e. The highest BCUT2D eigenvalue weighted by molar-refractivity contribution is 7.77. The van der Waals surface area contributed by atoms with Gasteiger partial charge in [-0.15, -0.1) is 0 Å². The van der Waals surface area contributed by atoms with Crippen LogP contribution in [0, 0.1) is 6.92 Å². The third-order valence-corrected chi connectivity index (χ3v) is 1.59. The van der Waals surface area contributed by atoms with E-state index in [1.807, 2.05) is 6.92 Å². The molecule has 1 rings (SSSR count). The summed E-state index contributed by atoms with van der Waals surface area (Å²) in [5, 5.41) is 0. The quantitative estimate of drug-likeness (QED) is 0.707. The van der Waals surface area contributed by atoms with Gasteiger partial charge in [0.25, 0.3) is 11.3 Å². The van der Waals surface area contributed by atoms with Crippen LogP contribution in [0.3, 0.4) is 0 Å². The first-order valence-corrected chi connectivity index (χ1v) is 4.70. The maximum Gasteiger partial charge on any atom is 0.427 e. The number of nitrogens with zero attached hydrogens (tertiary/aromatic N) is 1. The predicted octanol–water partition coefficient (Wildman–Crippen LogP) is 0.615. The lowest BCUT2D eigenvalue weighted by atomic mass is 10.3. The minimum Gasteiger partial charge on any atom is -0.391 e. The van der Waals surface area contributed by atoms with Crippen LogP contribution in [0.25, 0.3) is 0 Å². The molecule has 0 bridgehead atoms. The molecule has 7 heteroatoms. The SMILES string of the molecule is Cc1ccc(OC(=O)NS(=O)O)nc1. The van der Waals surface area contributed by atoms with Crippen molar-refractivity contribution in [1.82, 2.24) is 9.71 Å². The van der Waals surface area contributed by atoms with Crippen LogP contribution >= 0.6 is 0 Å². The number of aryl methyl sites for hydroxylation is 1. The van der Waals surface area contributed by atoms with E-state index in [2.05, 4.69) is 9.72 Å². The number of aromatic nitrogens is 1. The fourth-order valence-electron chi connectivity index (χ4n) is 0.702. The van der Waals surface area contributed by atoms with Crippen molar-refractivity contribution in [2.45, 2.75) is 6.92 Å². The lowest BCUT2D eigenvalue weighted by molar-refractivity contribution is 0.204. The maximum absolute atomic E-state index is 10.8. The van der Waals surface area contributed by atoms with E-state index < -0.39 is 17.4 Å². The standard InChI is InChI=1S/C7H8N2O4S/c1-5-2-3-6(8-4-5)13-7(10)9-14(11)12/h2-4H,1H3,(H,9,10)(H,11,12). The summed E-state index contributed by atoms with van der Waals surface area (Å²) in [6, 6.07) is 3.18. The molecule has 1 unspecified atom stereocenters. The average molecular weight is 216 g/mol. The average Bonchev–Trinajstić information content (AvgIpc) is 2.07. The lowest BCUT2D eigenvalue weighted by Gasteiger charge is -2.01. The molecule has 0 saturated carbocycles. The molecule has 6 nitrogen and oxygen atoms in total. The van der Waals surface area contributed by atoms with Crippen LogP contribution in [0.5, 0.6) is 5.88 Å². The number of hydrogen-bond acceptors (Lipinski definition) is 4. The molecule has 0 aliphatic rings. The topological polar surface area (TPSA) is 88.5 Å². The summed E-state index contributed by atoms with van der Waals surface area (Å²) in [6.07, 6.45) is 0.487. The van der Waals surface area contributed by atoms with Gasteiger partial charge in [0.1, 0.15) is 0 Å². The van der Waals surface area contributed by atoms with Crippen molar-refractivity contribution in [3.05, 3.63) is 23.9 Å². The third kappa shape index (κ3) is 3.50. The summed E-state index contributed by atoms with van der Waals surface area (Å²) in [6.45, 7) is 1.83. The number of amides is 1. The number of rotatable bonds is 2. The van der Waals surface area contributed by atoms with E-state index in [4.69, 9.17) is 4.55 Å². The van der Waals surface area contributed by atoms with Crippen molar-refractivity contribution in [3.63, 3.8) is 0 Å². The normalized spacial score (nSPS) is 11.9. The smallest absolute Gasteiger partial charge is 0.391 e. The van der Waals surface area contributed by atoms with Crippen LogP contribution in [-0.4, -0.2) is 19.8 Å². The van der Waals surface area contributed by atoms with E-state index >= 15 is 0 Å². The van der Waals surface area contributed by atoms with Gasteiger partial charge >= 0.3 is 6.09 Å². The van der Waals surface area contributed by atoms with Crippen LogP contribution in [0.2, 0.25) is 0 Å². The van der Waals surface area contributed by atoms with Crippen molar-refractivity contribution >= 4 is 17.4 Å². The molecule has 1 heterocycles. The van der Waals surface area contributed by atoms with Gasteiger partial charge in [0.05, 0.1) is 0 Å². The van der Waals surface area contributed by atoms with Crippen LogP contribution < -0.4 is 9.46 Å². The Bertz CT molecular complexity index is 351. The van der Waals surface area contributed by atoms with Gasteiger partial charge in [-0.25, -0.2) is 18.7 Å². The molecule has 0 spiro atoms. The molecule has 0 fully saturated rings. The summed E-state index contributed by atoms with van der Waals surface area (Å²) in [5.74, 6) is 0.0681. The van der Waals surface area contributed by atoms with E-state index in [-0.39, 0.29) is 5.88 Å². The Morgan fingerprint density at radius 2 is 2.36 bits per heavy atom. The molecule has 14 heavy (non-hydrogen) atoms. The molecule has 0 radical (unpaired) electrons. The molecule has 0 aliphatic heterocycles. The van der Waals surface area contributed by atoms with Gasteiger partial charge in [0.15, 0.2) is 0 Å². The molecule has 1 aromatic rings. The first-order chi connectivity index (χ1) is 6.58. The minimum absolute atomic E-state index is 0.0681. The molecule has 0 aliphatic carbocycles. The van der Waals surface area contributed by atoms with Crippen molar-refractivity contribution in [2.75, 3.05) is 0 Å². The predicted molar refractivity (Wildman–Crippen MR) is 48.9 cm³/mol. The first-order valence-electron chi connectivity index (χ1n) is 3.60. The highest BCUT2D eigenvalue weighted by atomic mass is 32.2. The Hall–Kier alpha value is -1.47. The molecule has 2 N–H and O–H groups in total. The lowest BCUT2D eigenvalue weighted by Crippen LogP contribution is -2.28. The molecule has 76 valence electrons. The van der Waals surface area contributed by atoms with Crippen molar-refractivity contribution < 1.29 is 18.3 Å². The number of nitrogens with one attached hydrogen (secondary N) is 1. The van der Waals surface area contributed by atoms with Crippen molar-refractivity contribution in [1.29, 1.82) is 0 Å². The number of ether oxygens (including phenoxy) is 1. The first kappa shape index (κ1) is 10.6. The molecular weight excluding hydrogens is 208 g/mol. The molecule has 1 aromatic heterocycles. The van der Waals surface area contributed by atoms with Gasteiger partial charge in [-0.1, -0.05) is 6.07 Å². The Morgan fingerprint density at radius 1 is 1.64 bits per heavy atom. The van der Waals surface area contributed by atoms with Crippen molar-refractivity contribution in [2.24, 2.45) is 0 Å². The molecule has 1 atom stereocenters. The van der Waals surface area contributed by atoms with Gasteiger partial charge in [0.2, 0.25) is 5.88 Å². The Kier molecular flexibility index (Phi) is 3.55. The van der Waals surface area contributed by atoms with E-state index in [1.165, 1.54) is 12.3 Å². The maximum atomic E-state index is 10.8. The van der Waals surface area contributed by atoms with E-state index in [9.17, 15) is 9.00 Å². The van der Waals surface area contributed by atoms with Gasteiger partial charge in [-0.2, -0.15) is 0 Å². The van der Waals surface area contributed by atoms with Gasteiger partial charge in [0, 0.05) is 12.3 Å². The summed E-state index contributed by atoms with van der Waals surface area (Å²) in [5.41, 5.74) is 0.920. The van der Waals surface area contributed by atoms with Crippen molar-refractivity contribution in [3.8, 4) is 5.88 Å². The third-order valence-electron chi connectivity index (χ3n) is 1.25. The summed E-state index contributed by atoms with van der Waals surface area (Å²) in [7, 11) is 0. The molecule has 0 saturated heterocycles. The fraction of sp³-hybridized carbons (Fsp3) is 0.143. The molecule has 0 aromatic carbocycles. The number of carbonyl (C=O) groups is 1. The zero-order valence-electron chi connectivity index (χ0n) is 7.26. The Balaban J connectivity index is 2.56. The second-order valence-electron chi connectivity index (χ2n) is 2.41. The van der Waals surface area contributed by atoms with E-state index in [1.54, 1.807) is 10.8 Å². The summed E-state index contributed by atoms with van der Waals surface area (Å²) < 4.78 is 24.6. The summed E-state index contributed by atoms with van der Waals surface area (Å²) >= 11 is -2.43. The zero-order valence-corrected chi connectivity index (χ0v) is 8.08.